The van der Waals surface area contributed by atoms with E-state index in [2.05, 4.69) is 26.0 Å². The zero-order valence-electron chi connectivity index (χ0n) is 16.5. The highest BCUT2D eigenvalue weighted by Gasteiger charge is 2.37. The van der Waals surface area contributed by atoms with Gasteiger partial charge in [-0.2, -0.15) is 0 Å². The number of rotatable bonds is 5. The van der Waals surface area contributed by atoms with E-state index in [1.807, 2.05) is 38.1 Å². The second kappa shape index (κ2) is 7.95. The predicted molar refractivity (Wildman–Crippen MR) is 107 cm³/mol. The van der Waals surface area contributed by atoms with Gasteiger partial charge >= 0.3 is 5.97 Å². The molecule has 0 radical (unpaired) electrons. The number of hydrogen-bond donors (Lipinski definition) is 0. The van der Waals surface area contributed by atoms with Crippen LogP contribution in [-0.2, 0) is 22.4 Å². The third-order valence-electron chi connectivity index (χ3n) is 5.11. The van der Waals surface area contributed by atoms with Crippen molar-refractivity contribution < 1.29 is 14.3 Å². The minimum absolute atomic E-state index is 0.00651. The van der Waals surface area contributed by atoms with Gasteiger partial charge in [-0.1, -0.05) is 38.1 Å². The zero-order chi connectivity index (χ0) is 19.6. The maximum atomic E-state index is 12.7. The number of nitrogens with zero attached hydrogens (tertiary/aromatic N) is 1. The largest absolute Gasteiger partial charge is 0.426 e. The van der Waals surface area contributed by atoms with Crippen LogP contribution in [0.3, 0.4) is 0 Å². The lowest BCUT2D eigenvalue weighted by Gasteiger charge is -2.23. The number of esters is 1. The Morgan fingerprint density at radius 2 is 1.67 bits per heavy atom. The summed E-state index contributed by atoms with van der Waals surface area (Å²) < 4.78 is 5.59. The van der Waals surface area contributed by atoms with E-state index in [9.17, 15) is 9.59 Å². The van der Waals surface area contributed by atoms with E-state index >= 15 is 0 Å². The number of hydrogen-bond acceptors (Lipinski definition) is 3. The van der Waals surface area contributed by atoms with E-state index in [1.165, 1.54) is 0 Å². The first kappa shape index (κ1) is 19.2. The van der Waals surface area contributed by atoms with Gasteiger partial charge in [-0.15, -0.1) is 0 Å². The number of aryl methyl sites for hydroxylation is 4. The molecule has 1 atom stereocenters. The van der Waals surface area contributed by atoms with Crippen LogP contribution in [0.4, 0.5) is 5.69 Å². The summed E-state index contributed by atoms with van der Waals surface area (Å²) in [5, 5.41) is 0. The van der Waals surface area contributed by atoms with Crippen molar-refractivity contribution in [2.45, 2.75) is 47.0 Å². The van der Waals surface area contributed by atoms with Crippen LogP contribution in [0.5, 0.6) is 5.75 Å². The van der Waals surface area contributed by atoms with Gasteiger partial charge in [0.25, 0.3) is 0 Å². The average molecular weight is 365 g/mol. The first-order valence-corrected chi connectivity index (χ1v) is 9.64. The van der Waals surface area contributed by atoms with Gasteiger partial charge in [-0.3, -0.25) is 9.59 Å². The molecule has 2 aromatic carbocycles. The van der Waals surface area contributed by atoms with Gasteiger partial charge in [0.05, 0.1) is 5.92 Å². The molecular formula is C23H27NO3. The van der Waals surface area contributed by atoms with Crippen LogP contribution in [0.25, 0.3) is 0 Å². The molecule has 1 saturated heterocycles. The van der Waals surface area contributed by atoms with Crippen LogP contribution in [0.15, 0.2) is 36.4 Å². The van der Waals surface area contributed by atoms with Gasteiger partial charge in [0.2, 0.25) is 5.91 Å². The van der Waals surface area contributed by atoms with Crippen LogP contribution in [0.1, 0.15) is 42.5 Å². The second-order valence-electron chi connectivity index (χ2n) is 7.28. The number of anilines is 1. The van der Waals surface area contributed by atoms with Crippen molar-refractivity contribution in [1.29, 1.82) is 0 Å². The monoisotopic (exact) mass is 365 g/mol. The molecule has 1 heterocycles. The molecule has 0 spiro atoms. The molecule has 27 heavy (non-hydrogen) atoms. The molecule has 0 bridgehead atoms. The summed E-state index contributed by atoms with van der Waals surface area (Å²) in [7, 11) is 0. The lowest BCUT2D eigenvalue weighted by Crippen LogP contribution is -2.29. The van der Waals surface area contributed by atoms with Crippen LogP contribution in [-0.4, -0.2) is 18.4 Å². The minimum atomic E-state index is -0.437. The fraction of sp³-hybridized carbons (Fsp3) is 0.391. The maximum absolute atomic E-state index is 12.7. The Kier molecular flexibility index (Phi) is 5.64. The summed E-state index contributed by atoms with van der Waals surface area (Å²) in [6.45, 7) is 8.50. The maximum Gasteiger partial charge on any atom is 0.316 e. The quantitative estimate of drug-likeness (QED) is 0.583. The van der Waals surface area contributed by atoms with Crippen LogP contribution in [0.2, 0.25) is 0 Å². The number of carbonyl (C=O) groups excluding carboxylic acids is 2. The minimum Gasteiger partial charge on any atom is -0.426 e. The van der Waals surface area contributed by atoms with Crippen LogP contribution >= 0.6 is 0 Å². The molecule has 0 aromatic heterocycles. The molecule has 4 heteroatoms. The van der Waals surface area contributed by atoms with Gasteiger partial charge in [-0.05, 0) is 61.1 Å². The molecule has 142 valence electrons. The highest BCUT2D eigenvalue weighted by molar-refractivity contribution is 6.00. The van der Waals surface area contributed by atoms with E-state index in [0.717, 1.165) is 40.8 Å². The lowest BCUT2D eigenvalue weighted by molar-refractivity contribution is -0.139. The van der Waals surface area contributed by atoms with E-state index < -0.39 is 5.92 Å². The molecule has 0 aliphatic carbocycles. The van der Waals surface area contributed by atoms with Crippen molar-refractivity contribution in [3.05, 3.63) is 58.7 Å². The first-order valence-electron chi connectivity index (χ1n) is 9.64. The summed E-state index contributed by atoms with van der Waals surface area (Å²) in [4.78, 5) is 27.2. The fourth-order valence-electron chi connectivity index (χ4n) is 3.83. The Morgan fingerprint density at radius 1 is 1.07 bits per heavy atom. The third-order valence-corrected chi connectivity index (χ3v) is 5.11. The van der Waals surface area contributed by atoms with Crippen molar-refractivity contribution in [2.24, 2.45) is 5.92 Å². The van der Waals surface area contributed by atoms with Crippen molar-refractivity contribution >= 4 is 17.6 Å². The third kappa shape index (κ3) is 4.05. The van der Waals surface area contributed by atoms with Crippen molar-refractivity contribution in [3.63, 3.8) is 0 Å². The molecule has 1 amide bonds. The van der Waals surface area contributed by atoms with Crippen molar-refractivity contribution in [3.8, 4) is 5.75 Å². The van der Waals surface area contributed by atoms with Gasteiger partial charge in [0.15, 0.2) is 0 Å². The van der Waals surface area contributed by atoms with Crippen molar-refractivity contribution in [2.75, 3.05) is 11.4 Å². The smallest absolute Gasteiger partial charge is 0.316 e. The Morgan fingerprint density at radius 3 is 2.22 bits per heavy atom. The molecule has 1 fully saturated rings. The SMILES string of the molecule is CCc1cccc(CC)c1N1C[C@@H](C(=O)Oc2cc(C)cc(C)c2)CC1=O. The number of para-hydroxylation sites is 1. The van der Waals surface area contributed by atoms with Crippen molar-refractivity contribution in [1.82, 2.24) is 0 Å². The molecule has 1 aliphatic heterocycles. The Labute approximate surface area is 161 Å². The Bertz CT molecular complexity index is 829. The molecule has 1 aliphatic rings. The average Bonchev–Trinajstić information content (AvgIpc) is 3.01. The molecule has 2 aromatic rings. The molecule has 3 rings (SSSR count). The first-order chi connectivity index (χ1) is 12.9. The Balaban J connectivity index is 1.80. The number of amides is 1. The molecule has 0 saturated carbocycles. The molecule has 4 nitrogen and oxygen atoms in total. The molecule has 0 unspecified atom stereocenters. The van der Waals surface area contributed by atoms with Gasteiger partial charge in [0, 0.05) is 18.7 Å². The van der Waals surface area contributed by atoms with E-state index in [4.69, 9.17) is 4.74 Å². The normalized spacial score (nSPS) is 16.7. The van der Waals surface area contributed by atoms with Crippen LogP contribution in [0, 0.1) is 19.8 Å². The summed E-state index contributed by atoms with van der Waals surface area (Å²) in [6.07, 6.45) is 1.90. The summed E-state index contributed by atoms with van der Waals surface area (Å²) >= 11 is 0. The van der Waals surface area contributed by atoms with E-state index in [-0.39, 0.29) is 18.3 Å². The summed E-state index contributed by atoms with van der Waals surface area (Å²) in [6, 6.07) is 11.9. The lowest BCUT2D eigenvalue weighted by atomic mass is 10.0. The number of benzene rings is 2. The van der Waals surface area contributed by atoms with Crippen LogP contribution < -0.4 is 9.64 Å². The Hall–Kier alpha value is -2.62. The fourth-order valence-corrected chi connectivity index (χ4v) is 3.83. The highest BCUT2D eigenvalue weighted by atomic mass is 16.5. The van der Waals surface area contributed by atoms with Gasteiger partial charge < -0.3 is 9.64 Å². The highest BCUT2D eigenvalue weighted by Crippen LogP contribution is 2.33. The zero-order valence-corrected chi connectivity index (χ0v) is 16.5. The summed E-state index contributed by atoms with van der Waals surface area (Å²) in [5.74, 6) is -0.226. The predicted octanol–water partition coefficient (Wildman–Crippen LogP) is 4.39. The molecule has 0 N–H and O–H groups in total. The van der Waals surface area contributed by atoms with E-state index in [1.54, 1.807) is 4.90 Å². The molecular weight excluding hydrogens is 338 g/mol. The second-order valence-corrected chi connectivity index (χ2v) is 7.28. The topological polar surface area (TPSA) is 46.6 Å². The van der Waals surface area contributed by atoms with E-state index in [0.29, 0.717) is 12.3 Å². The summed E-state index contributed by atoms with van der Waals surface area (Å²) in [5.41, 5.74) is 5.36. The number of carbonyl (C=O) groups is 2. The van der Waals surface area contributed by atoms with Gasteiger partial charge in [0.1, 0.15) is 5.75 Å². The number of ether oxygens (including phenoxy) is 1. The standard InChI is InChI=1S/C23H27NO3/c1-5-17-8-7-9-18(6-2)22(17)24-14-19(13-21(24)25)23(26)27-20-11-15(3)10-16(4)12-20/h7-12,19H,5-6,13-14H2,1-4H3/t19-/m0/s1. The van der Waals surface area contributed by atoms with Gasteiger partial charge in [-0.25, -0.2) is 0 Å².